The SMILES string of the molecule is CC(=O)N1CCN(C(=O)CC(=O)Nc2ccc(F)c(F)c2F)CC1. The van der Waals surface area contributed by atoms with Crippen molar-refractivity contribution in [3.05, 3.63) is 29.6 Å². The average Bonchev–Trinajstić information content (AvgIpc) is 2.55. The number of benzene rings is 1. The minimum atomic E-state index is -1.69. The second-order valence-corrected chi connectivity index (χ2v) is 5.33. The first-order valence-electron chi connectivity index (χ1n) is 7.26. The van der Waals surface area contributed by atoms with Crippen molar-refractivity contribution < 1.29 is 27.6 Å². The van der Waals surface area contributed by atoms with Gasteiger partial charge in [0.2, 0.25) is 17.7 Å². The van der Waals surface area contributed by atoms with Crippen molar-refractivity contribution in [1.29, 1.82) is 0 Å². The zero-order chi connectivity index (χ0) is 17.9. The predicted octanol–water partition coefficient (Wildman–Crippen LogP) is 1.12. The average molecular weight is 343 g/mol. The molecule has 1 aliphatic heterocycles. The van der Waals surface area contributed by atoms with Crippen LogP contribution in [0.1, 0.15) is 13.3 Å². The molecule has 6 nitrogen and oxygen atoms in total. The Morgan fingerprint density at radius 1 is 1.00 bits per heavy atom. The standard InChI is InChI=1S/C15H16F3N3O3/c1-9(22)20-4-6-21(7-5-20)13(24)8-12(23)19-11-3-2-10(16)14(17)15(11)18/h2-3H,4-8H2,1H3,(H,19,23). The highest BCUT2D eigenvalue weighted by Gasteiger charge is 2.24. The summed E-state index contributed by atoms with van der Waals surface area (Å²) >= 11 is 0. The fraction of sp³-hybridized carbons (Fsp3) is 0.400. The molecular formula is C15H16F3N3O3. The first-order valence-corrected chi connectivity index (χ1v) is 7.26. The number of hydrogen-bond acceptors (Lipinski definition) is 3. The molecule has 9 heteroatoms. The summed E-state index contributed by atoms with van der Waals surface area (Å²) in [5.74, 6) is -6.00. The van der Waals surface area contributed by atoms with Crippen LogP contribution in [0.3, 0.4) is 0 Å². The van der Waals surface area contributed by atoms with Crippen LogP contribution in [0.4, 0.5) is 18.9 Å². The van der Waals surface area contributed by atoms with Crippen LogP contribution in [-0.2, 0) is 14.4 Å². The molecule has 0 atom stereocenters. The van der Waals surface area contributed by atoms with E-state index in [0.29, 0.717) is 32.2 Å². The molecule has 0 radical (unpaired) electrons. The summed E-state index contributed by atoms with van der Waals surface area (Å²) in [5.41, 5.74) is -0.534. The van der Waals surface area contributed by atoms with Crippen LogP contribution >= 0.6 is 0 Å². The van der Waals surface area contributed by atoms with E-state index in [-0.39, 0.29) is 5.91 Å². The first kappa shape index (κ1) is 17.8. The maximum atomic E-state index is 13.5. The van der Waals surface area contributed by atoms with Gasteiger partial charge in [0.1, 0.15) is 6.42 Å². The fourth-order valence-corrected chi connectivity index (χ4v) is 2.34. The molecule has 0 saturated carbocycles. The molecule has 1 aromatic rings. The third-order valence-corrected chi connectivity index (χ3v) is 3.70. The zero-order valence-corrected chi connectivity index (χ0v) is 12.9. The third kappa shape index (κ3) is 4.03. The Bertz CT molecular complexity index is 673. The molecule has 3 amide bonds. The number of hydrogen-bond donors (Lipinski definition) is 1. The summed E-state index contributed by atoms with van der Waals surface area (Å²) in [4.78, 5) is 38.0. The Balaban J connectivity index is 1.90. The van der Waals surface area contributed by atoms with E-state index in [1.54, 1.807) is 4.90 Å². The van der Waals surface area contributed by atoms with Gasteiger partial charge < -0.3 is 15.1 Å². The maximum Gasteiger partial charge on any atom is 0.233 e. The molecule has 0 spiro atoms. The number of piperazine rings is 1. The molecule has 2 rings (SSSR count). The van der Waals surface area contributed by atoms with Gasteiger partial charge in [-0.25, -0.2) is 13.2 Å². The van der Waals surface area contributed by atoms with Crippen molar-refractivity contribution in [2.75, 3.05) is 31.5 Å². The number of amides is 3. The van der Waals surface area contributed by atoms with Crippen LogP contribution in [0.25, 0.3) is 0 Å². The molecular weight excluding hydrogens is 327 g/mol. The van der Waals surface area contributed by atoms with Crippen LogP contribution in [0.15, 0.2) is 12.1 Å². The highest BCUT2D eigenvalue weighted by atomic mass is 19.2. The van der Waals surface area contributed by atoms with E-state index in [1.807, 2.05) is 5.32 Å². The molecule has 1 aliphatic rings. The highest BCUT2D eigenvalue weighted by Crippen LogP contribution is 2.19. The van der Waals surface area contributed by atoms with Gasteiger partial charge in [-0.05, 0) is 12.1 Å². The van der Waals surface area contributed by atoms with Gasteiger partial charge >= 0.3 is 0 Å². The molecule has 1 aromatic carbocycles. The van der Waals surface area contributed by atoms with Crippen LogP contribution < -0.4 is 5.32 Å². The second-order valence-electron chi connectivity index (χ2n) is 5.33. The number of nitrogens with one attached hydrogen (secondary N) is 1. The summed E-state index contributed by atoms with van der Waals surface area (Å²) in [5, 5.41) is 2.04. The van der Waals surface area contributed by atoms with E-state index in [2.05, 4.69) is 0 Å². The van der Waals surface area contributed by atoms with Gasteiger partial charge in [0.15, 0.2) is 17.5 Å². The fourth-order valence-electron chi connectivity index (χ4n) is 2.34. The first-order chi connectivity index (χ1) is 11.3. The lowest BCUT2D eigenvalue weighted by Crippen LogP contribution is -2.50. The van der Waals surface area contributed by atoms with Crippen LogP contribution in [0, 0.1) is 17.5 Å². The second kappa shape index (κ2) is 7.33. The summed E-state index contributed by atoms with van der Waals surface area (Å²) in [6.45, 7) is 2.78. The molecule has 1 N–H and O–H groups in total. The molecule has 1 fully saturated rings. The third-order valence-electron chi connectivity index (χ3n) is 3.70. The largest absolute Gasteiger partial charge is 0.339 e. The number of carbonyl (C=O) groups is 3. The molecule has 0 unspecified atom stereocenters. The van der Waals surface area contributed by atoms with Gasteiger partial charge in [0.05, 0.1) is 5.69 Å². The van der Waals surface area contributed by atoms with E-state index in [0.717, 1.165) is 6.07 Å². The molecule has 1 heterocycles. The number of rotatable bonds is 3. The lowest BCUT2D eigenvalue weighted by Gasteiger charge is -2.34. The summed E-state index contributed by atoms with van der Waals surface area (Å²) in [7, 11) is 0. The Kier molecular flexibility index (Phi) is 5.42. The highest BCUT2D eigenvalue weighted by molar-refractivity contribution is 6.03. The molecule has 24 heavy (non-hydrogen) atoms. The topological polar surface area (TPSA) is 69.7 Å². The van der Waals surface area contributed by atoms with Gasteiger partial charge in [-0.3, -0.25) is 14.4 Å². The molecule has 130 valence electrons. The zero-order valence-electron chi connectivity index (χ0n) is 12.9. The van der Waals surface area contributed by atoms with Crippen LogP contribution in [0.5, 0.6) is 0 Å². The minimum absolute atomic E-state index is 0.0892. The van der Waals surface area contributed by atoms with E-state index in [4.69, 9.17) is 0 Å². The Morgan fingerprint density at radius 2 is 1.58 bits per heavy atom. The van der Waals surface area contributed by atoms with E-state index >= 15 is 0 Å². The van der Waals surface area contributed by atoms with Gasteiger partial charge in [-0.15, -0.1) is 0 Å². The number of carbonyl (C=O) groups excluding carboxylic acids is 3. The van der Waals surface area contributed by atoms with Crippen molar-refractivity contribution in [3.63, 3.8) is 0 Å². The van der Waals surface area contributed by atoms with Crippen molar-refractivity contribution in [1.82, 2.24) is 9.80 Å². The van der Waals surface area contributed by atoms with E-state index in [9.17, 15) is 27.6 Å². The quantitative estimate of drug-likeness (QED) is 0.661. The molecule has 1 saturated heterocycles. The monoisotopic (exact) mass is 343 g/mol. The molecule has 0 bridgehead atoms. The van der Waals surface area contributed by atoms with Crippen LogP contribution in [0.2, 0.25) is 0 Å². The summed E-state index contributed by atoms with van der Waals surface area (Å²) in [6.07, 6.45) is -0.557. The Labute approximate surface area is 136 Å². The lowest BCUT2D eigenvalue weighted by atomic mass is 10.2. The van der Waals surface area contributed by atoms with E-state index in [1.165, 1.54) is 11.8 Å². The Morgan fingerprint density at radius 3 is 2.17 bits per heavy atom. The maximum absolute atomic E-state index is 13.5. The smallest absolute Gasteiger partial charge is 0.233 e. The van der Waals surface area contributed by atoms with Gasteiger partial charge in [0, 0.05) is 33.1 Å². The van der Waals surface area contributed by atoms with Crippen molar-refractivity contribution in [3.8, 4) is 0 Å². The number of nitrogens with zero attached hydrogens (tertiary/aromatic N) is 2. The number of anilines is 1. The summed E-state index contributed by atoms with van der Waals surface area (Å²) in [6, 6.07) is 1.55. The Hall–Kier alpha value is -2.58. The van der Waals surface area contributed by atoms with Crippen molar-refractivity contribution in [2.45, 2.75) is 13.3 Å². The number of halogens is 3. The van der Waals surface area contributed by atoms with Gasteiger partial charge in [-0.1, -0.05) is 0 Å². The van der Waals surface area contributed by atoms with Crippen LogP contribution in [-0.4, -0.2) is 53.7 Å². The van der Waals surface area contributed by atoms with E-state index < -0.39 is 41.4 Å². The lowest BCUT2D eigenvalue weighted by molar-refractivity contribution is -0.140. The van der Waals surface area contributed by atoms with Gasteiger partial charge in [-0.2, -0.15) is 0 Å². The minimum Gasteiger partial charge on any atom is -0.339 e. The van der Waals surface area contributed by atoms with Gasteiger partial charge in [0.25, 0.3) is 0 Å². The van der Waals surface area contributed by atoms with Crippen molar-refractivity contribution >= 4 is 23.4 Å². The molecule has 0 aliphatic carbocycles. The van der Waals surface area contributed by atoms with Crippen molar-refractivity contribution in [2.24, 2.45) is 0 Å². The predicted molar refractivity (Wildman–Crippen MR) is 78.4 cm³/mol. The molecule has 0 aromatic heterocycles. The normalized spacial score (nSPS) is 14.5. The summed E-state index contributed by atoms with van der Waals surface area (Å²) < 4.78 is 39.4.